The van der Waals surface area contributed by atoms with Crippen LogP contribution in [0, 0.1) is 5.92 Å². The summed E-state index contributed by atoms with van der Waals surface area (Å²) in [4.78, 5) is 20.5. The number of nitrogens with one attached hydrogen (secondary N) is 2. The first kappa shape index (κ1) is 18.7. The number of aliphatic imine (C=N–C) groups is 1. The van der Waals surface area contributed by atoms with Gasteiger partial charge in [-0.3, -0.25) is 9.79 Å². The van der Waals surface area contributed by atoms with Crippen molar-refractivity contribution in [3.8, 4) is 0 Å². The number of hydrogen-bond acceptors (Lipinski definition) is 3. The summed E-state index contributed by atoms with van der Waals surface area (Å²) in [5, 5.41) is 6.37. The second-order valence-corrected chi connectivity index (χ2v) is 7.35. The number of carbonyl (C=O) groups is 1. The topological polar surface area (TPSA) is 60.0 Å². The Labute approximate surface area is 135 Å². The molecule has 1 heterocycles. The van der Waals surface area contributed by atoms with Gasteiger partial charge in [0.05, 0.1) is 6.54 Å². The molecule has 128 valence electrons. The molecule has 1 amide bonds. The molecule has 1 saturated heterocycles. The lowest BCUT2D eigenvalue weighted by molar-refractivity contribution is -0.122. The number of amides is 1. The zero-order chi connectivity index (χ0) is 16.8. The van der Waals surface area contributed by atoms with Crippen LogP contribution in [0.1, 0.15) is 33.6 Å². The van der Waals surface area contributed by atoms with E-state index in [0.717, 1.165) is 19.0 Å². The third-order valence-corrected chi connectivity index (χ3v) is 3.74. The Hall–Kier alpha value is -1.30. The zero-order valence-electron chi connectivity index (χ0n) is 15.1. The lowest BCUT2D eigenvalue weighted by Gasteiger charge is -2.31. The molecule has 0 radical (unpaired) electrons. The number of nitrogens with zero attached hydrogens (tertiary/aromatic N) is 3. The number of hydrogen-bond donors (Lipinski definition) is 2. The molecule has 0 bridgehead atoms. The highest BCUT2D eigenvalue weighted by atomic mass is 16.2. The van der Waals surface area contributed by atoms with Gasteiger partial charge in [0.2, 0.25) is 5.91 Å². The van der Waals surface area contributed by atoms with Crippen LogP contribution in [-0.4, -0.2) is 74.5 Å². The van der Waals surface area contributed by atoms with Crippen LogP contribution in [0.4, 0.5) is 0 Å². The van der Waals surface area contributed by atoms with Crippen molar-refractivity contribution in [2.24, 2.45) is 10.9 Å². The van der Waals surface area contributed by atoms with Crippen molar-refractivity contribution in [1.82, 2.24) is 20.4 Å². The van der Waals surface area contributed by atoms with Gasteiger partial charge in [0.15, 0.2) is 5.96 Å². The van der Waals surface area contributed by atoms with E-state index in [1.54, 1.807) is 7.05 Å². The predicted octanol–water partition coefficient (Wildman–Crippen LogP) is 0.750. The largest absolute Gasteiger partial charge is 0.356 e. The summed E-state index contributed by atoms with van der Waals surface area (Å²) in [7, 11) is 5.82. The van der Waals surface area contributed by atoms with E-state index in [1.165, 1.54) is 19.4 Å². The maximum absolute atomic E-state index is 12.0. The van der Waals surface area contributed by atoms with Crippen LogP contribution in [0.15, 0.2) is 4.99 Å². The summed E-state index contributed by atoms with van der Waals surface area (Å²) in [6.45, 7) is 9.48. The molecule has 1 unspecified atom stereocenters. The summed E-state index contributed by atoms with van der Waals surface area (Å²) in [5.74, 6) is 1.43. The molecule has 6 heteroatoms. The lowest BCUT2D eigenvalue weighted by atomic mass is 9.99. The Morgan fingerprint density at radius 2 is 2.09 bits per heavy atom. The van der Waals surface area contributed by atoms with Crippen molar-refractivity contribution in [1.29, 1.82) is 0 Å². The van der Waals surface area contributed by atoms with Crippen molar-refractivity contribution in [3.63, 3.8) is 0 Å². The van der Waals surface area contributed by atoms with E-state index in [2.05, 4.69) is 27.6 Å². The minimum atomic E-state index is -0.207. The normalized spacial score (nSPS) is 20.6. The van der Waals surface area contributed by atoms with E-state index in [1.807, 2.05) is 32.7 Å². The molecule has 0 spiro atoms. The zero-order valence-corrected chi connectivity index (χ0v) is 15.1. The number of piperidine rings is 1. The second kappa shape index (κ2) is 8.36. The molecule has 22 heavy (non-hydrogen) atoms. The van der Waals surface area contributed by atoms with Crippen LogP contribution >= 0.6 is 0 Å². The molecule has 1 atom stereocenters. The van der Waals surface area contributed by atoms with Crippen LogP contribution < -0.4 is 10.6 Å². The fraction of sp³-hybridized carbons (Fsp3) is 0.875. The SMILES string of the molecule is CN=C(NCC1CCCN(C)C1)N(C)CC(=O)NC(C)(C)C. The molecule has 2 N–H and O–H groups in total. The smallest absolute Gasteiger partial charge is 0.240 e. The van der Waals surface area contributed by atoms with Gasteiger partial charge in [-0.2, -0.15) is 0 Å². The quantitative estimate of drug-likeness (QED) is 0.594. The number of guanidine groups is 1. The highest BCUT2D eigenvalue weighted by Crippen LogP contribution is 2.13. The summed E-state index contributed by atoms with van der Waals surface area (Å²) < 4.78 is 0. The van der Waals surface area contributed by atoms with Gasteiger partial charge in [-0.15, -0.1) is 0 Å². The number of carbonyl (C=O) groups excluding carboxylic acids is 1. The molecule has 0 aliphatic carbocycles. The monoisotopic (exact) mass is 311 g/mol. The van der Waals surface area contributed by atoms with Gasteiger partial charge in [0.1, 0.15) is 0 Å². The Morgan fingerprint density at radius 1 is 1.41 bits per heavy atom. The minimum Gasteiger partial charge on any atom is -0.356 e. The molecular weight excluding hydrogens is 278 g/mol. The van der Waals surface area contributed by atoms with Gasteiger partial charge in [-0.25, -0.2) is 0 Å². The molecule has 1 fully saturated rings. The first-order valence-corrected chi connectivity index (χ1v) is 8.12. The van der Waals surface area contributed by atoms with Crippen LogP contribution in [-0.2, 0) is 4.79 Å². The molecule has 0 aromatic carbocycles. The van der Waals surface area contributed by atoms with E-state index in [4.69, 9.17) is 0 Å². The van der Waals surface area contributed by atoms with Gasteiger partial charge in [0.25, 0.3) is 0 Å². The highest BCUT2D eigenvalue weighted by Gasteiger charge is 2.19. The van der Waals surface area contributed by atoms with Crippen molar-refractivity contribution in [2.75, 3.05) is 47.3 Å². The molecule has 0 saturated carbocycles. The summed E-state index contributed by atoms with van der Waals surface area (Å²) in [5.41, 5.74) is -0.207. The van der Waals surface area contributed by atoms with E-state index in [0.29, 0.717) is 12.5 Å². The van der Waals surface area contributed by atoms with E-state index in [-0.39, 0.29) is 11.4 Å². The number of likely N-dealkylation sites (N-methyl/N-ethyl adjacent to an activating group) is 1. The summed E-state index contributed by atoms with van der Waals surface area (Å²) in [6, 6.07) is 0. The summed E-state index contributed by atoms with van der Waals surface area (Å²) >= 11 is 0. The number of rotatable bonds is 4. The number of likely N-dealkylation sites (tertiary alicyclic amines) is 1. The Bertz CT molecular complexity index is 388. The molecule has 0 aromatic rings. The van der Waals surface area contributed by atoms with Crippen LogP contribution in [0.2, 0.25) is 0 Å². The Kier molecular flexibility index (Phi) is 7.13. The van der Waals surface area contributed by atoms with Crippen LogP contribution in [0.25, 0.3) is 0 Å². The highest BCUT2D eigenvalue weighted by molar-refractivity contribution is 5.86. The molecule has 1 aliphatic rings. The van der Waals surface area contributed by atoms with Gasteiger partial charge in [-0.05, 0) is 53.1 Å². The van der Waals surface area contributed by atoms with E-state index < -0.39 is 0 Å². The molecular formula is C16H33N5O. The third-order valence-electron chi connectivity index (χ3n) is 3.74. The Morgan fingerprint density at radius 3 is 2.64 bits per heavy atom. The fourth-order valence-corrected chi connectivity index (χ4v) is 2.81. The van der Waals surface area contributed by atoms with Crippen molar-refractivity contribution in [2.45, 2.75) is 39.2 Å². The van der Waals surface area contributed by atoms with E-state index >= 15 is 0 Å². The van der Waals surface area contributed by atoms with Gasteiger partial charge < -0.3 is 20.4 Å². The van der Waals surface area contributed by atoms with Gasteiger partial charge in [0, 0.05) is 32.7 Å². The van der Waals surface area contributed by atoms with Gasteiger partial charge in [-0.1, -0.05) is 0 Å². The first-order chi connectivity index (χ1) is 10.2. The maximum atomic E-state index is 12.0. The maximum Gasteiger partial charge on any atom is 0.240 e. The molecule has 6 nitrogen and oxygen atoms in total. The fourth-order valence-electron chi connectivity index (χ4n) is 2.81. The average Bonchev–Trinajstić information content (AvgIpc) is 2.37. The standard InChI is InChI=1S/C16H33N5O/c1-16(2,3)19-14(22)12-21(6)15(17-4)18-10-13-8-7-9-20(5)11-13/h13H,7-12H2,1-6H3,(H,17,18)(H,19,22). The minimum absolute atomic E-state index is 0.00958. The van der Waals surface area contributed by atoms with E-state index in [9.17, 15) is 4.79 Å². The Balaban J connectivity index is 2.41. The van der Waals surface area contributed by atoms with Crippen molar-refractivity contribution in [3.05, 3.63) is 0 Å². The molecule has 1 rings (SSSR count). The van der Waals surface area contributed by atoms with Crippen LogP contribution in [0.5, 0.6) is 0 Å². The average molecular weight is 311 g/mol. The van der Waals surface area contributed by atoms with Crippen molar-refractivity contribution < 1.29 is 4.79 Å². The predicted molar refractivity (Wildman–Crippen MR) is 92.1 cm³/mol. The van der Waals surface area contributed by atoms with Gasteiger partial charge >= 0.3 is 0 Å². The third kappa shape index (κ3) is 7.11. The molecule has 1 aliphatic heterocycles. The van der Waals surface area contributed by atoms with Crippen molar-refractivity contribution >= 4 is 11.9 Å². The first-order valence-electron chi connectivity index (χ1n) is 8.12. The summed E-state index contributed by atoms with van der Waals surface area (Å²) in [6.07, 6.45) is 2.51. The van der Waals surface area contributed by atoms with Crippen LogP contribution in [0.3, 0.4) is 0 Å². The molecule has 0 aromatic heterocycles. The second-order valence-electron chi connectivity index (χ2n) is 7.35. The lowest BCUT2D eigenvalue weighted by Crippen LogP contribution is -2.49.